The standard InChI is InChI=1S/C20H27N7O2/c1-14-5-4-8-21-17(14)19(28)26-11-12-27-16(13-26)22-23-18(27)15-6-9-25(10-7-15)20(29)24(2)3/h4-5,8,15H,6-7,9-13H2,1-3H3. The number of fused-ring (bicyclic) bond motifs is 1. The largest absolute Gasteiger partial charge is 0.331 e. The molecule has 0 bridgehead atoms. The number of aryl methyl sites for hydroxylation is 1. The Labute approximate surface area is 170 Å². The number of amides is 3. The minimum absolute atomic E-state index is 0.0607. The second-order valence-corrected chi connectivity index (χ2v) is 7.96. The van der Waals surface area contributed by atoms with E-state index >= 15 is 0 Å². The molecule has 4 heterocycles. The lowest BCUT2D eigenvalue weighted by Gasteiger charge is -2.34. The highest BCUT2D eigenvalue weighted by molar-refractivity contribution is 5.93. The van der Waals surface area contributed by atoms with Gasteiger partial charge in [-0.2, -0.15) is 0 Å². The molecule has 0 N–H and O–H groups in total. The lowest BCUT2D eigenvalue weighted by Crippen LogP contribution is -2.44. The van der Waals surface area contributed by atoms with Crippen LogP contribution in [0.5, 0.6) is 0 Å². The molecule has 0 radical (unpaired) electrons. The van der Waals surface area contributed by atoms with Crippen LogP contribution in [0, 0.1) is 6.92 Å². The normalized spacial score (nSPS) is 17.2. The Hall–Kier alpha value is -2.97. The molecule has 29 heavy (non-hydrogen) atoms. The first-order valence-corrected chi connectivity index (χ1v) is 10.0. The molecule has 0 unspecified atom stereocenters. The molecule has 9 heteroatoms. The van der Waals surface area contributed by atoms with Gasteiger partial charge in [0, 0.05) is 52.4 Å². The van der Waals surface area contributed by atoms with E-state index in [2.05, 4.69) is 19.7 Å². The maximum Gasteiger partial charge on any atom is 0.319 e. The molecule has 1 fully saturated rings. The van der Waals surface area contributed by atoms with Gasteiger partial charge in [-0.3, -0.25) is 9.78 Å². The van der Waals surface area contributed by atoms with E-state index < -0.39 is 0 Å². The summed E-state index contributed by atoms with van der Waals surface area (Å²) in [5.41, 5.74) is 1.38. The maximum atomic E-state index is 12.9. The third kappa shape index (κ3) is 3.68. The van der Waals surface area contributed by atoms with E-state index in [4.69, 9.17) is 0 Å². The SMILES string of the molecule is Cc1cccnc1C(=O)N1CCn2c(nnc2C2CCN(C(=O)N(C)C)CC2)C1. The molecule has 0 saturated carbocycles. The summed E-state index contributed by atoms with van der Waals surface area (Å²) in [7, 11) is 3.56. The second kappa shape index (κ2) is 7.81. The summed E-state index contributed by atoms with van der Waals surface area (Å²) in [5.74, 6) is 2.04. The number of carbonyl (C=O) groups excluding carboxylic acids is 2. The van der Waals surface area contributed by atoms with Gasteiger partial charge in [0.2, 0.25) is 0 Å². The van der Waals surface area contributed by atoms with Crippen molar-refractivity contribution in [2.45, 2.75) is 38.8 Å². The number of urea groups is 1. The van der Waals surface area contributed by atoms with Crippen molar-refractivity contribution < 1.29 is 9.59 Å². The van der Waals surface area contributed by atoms with Crippen LogP contribution in [0.25, 0.3) is 0 Å². The highest BCUT2D eigenvalue weighted by Crippen LogP contribution is 2.29. The summed E-state index contributed by atoms with van der Waals surface area (Å²) in [6.45, 7) is 5.11. The van der Waals surface area contributed by atoms with E-state index in [1.807, 2.05) is 24.0 Å². The molecule has 1 saturated heterocycles. The van der Waals surface area contributed by atoms with Gasteiger partial charge in [0.1, 0.15) is 11.5 Å². The number of carbonyl (C=O) groups is 2. The van der Waals surface area contributed by atoms with E-state index in [1.54, 1.807) is 30.1 Å². The van der Waals surface area contributed by atoms with Gasteiger partial charge >= 0.3 is 6.03 Å². The Bertz CT molecular complexity index is 915. The van der Waals surface area contributed by atoms with Crippen molar-refractivity contribution in [3.63, 3.8) is 0 Å². The van der Waals surface area contributed by atoms with Crippen molar-refractivity contribution in [1.82, 2.24) is 34.4 Å². The van der Waals surface area contributed by atoms with Gasteiger partial charge in [-0.05, 0) is 31.4 Å². The van der Waals surface area contributed by atoms with Crippen molar-refractivity contribution in [2.24, 2.45) is 0 Å². The van der Waals surface area contributed by atoms with Gasteiger partial charge in [0.25, 0.3) is 5.91 Å². The van der Waals surface area contributed by atoms with Crippen LogP contribution in [-0.4, -0.2) is 80.1 Å². The van der Waals surface area contributed by atoms with Crippen molar-refractivity contribution in [3.8, 4) is 0 Å². The zero-order valence-corrected chi connectivity index (χ0v) is 17.2. The zero-order chi connectivity index (χ0) is 20.5. The number of nitrogens with zero attached hydrogens (tertiary/aromatic N) is 7. The van der Waals surface area contributed by atoms with Crippen LogP contribution >= 0.6 is 0 Å². The molecule has 0 atom stereocenters. The van der Waals surface area contributed by atoms with Crippen LogP contribution in [0.2, 0.25) is 0 Å². The smallest absolute Gasteiger partial charge is 0.319 e. The van der Waals surface area contributed by atoms with Crippen LogP contribution in [-0.2, 0) is 13.1 Å². The number of aromatic nitrogens is 4. The van der Waals surface area contributed by atoms with E-state index in [-0.39, 0.29) is 11.9 Å². The van der Waals surface area contributed by atoms with Crippen LogP contribution in [0.15, 0.2) is 18.3 Å². The number of hydrogen-bond acceptors (Lipinski definition) is 5. The van der Waals surface area contributed by atoms with Crippen LogP contribution < -0.4 is 0 Å². The quantitative estimate of drug-likeness (QED) is 0.766. The van der Waals surface area contributed by atoms with Crippen molar-refractivity contribution in [1.29, 1.82) is 0 Å². The van der Waals surface area contributed by atoms with E-state index in [0.29, 0.717) is 31.2 Å². The number of piperidine rings is 1. The summed E-state index contributed by atoms with van der Waals surface area (Å²) in [6.07, 6.45) is 3.42. The summed E-state index contributed by atoms with van der Waals surface area (Å²) in [5, 5.41) is 8.83. The van der Waals surface area contributed by atoms with E-state index in [9.17, 15) is 9.59 Å². The van der Waals surface area contributed by atoms with Crippen LogP contribution in [0.3, 0.4) is 0 Å². The minimum atomic E-state index is -0.0607. The molecule has 2 aliphatic rings. The van der Waals surface area contributed by atoms with Gasteiger partial charge in [-0.15, -0.1) is 10.2 Å². The lowest BCUT2D eigenvalue weighted by atomic mass is 9.96. The number of pyridine rings is 1. The molecule has 2 aromatic heterocycles. The van der Waals surface area contributed by atoms with Crippen molar-refractivity contribution >= 4 is 11.9 Å². The molecule has 0 aromatic carbocycles. The van der Waals surface area contributed by atoms with Gasteiger partial charge < -0.3 is 19.3 Å². The highest BCUT2D eigenvalue weighted by atomic mass is 16.2. The van der Waals surface area contributed by atoms with Crippen LogP contribution in [0.1, 0.15) is 46.5 Å². The maximum absolute atomic E-state index is 12.9. The summed E-state index contributed by atoms with van der Waals surface area (Å²) < 4.78 is 2.16. The highest BCUT2D eigenvalue weighted by Gasteiger charge is 2.31. The van der Waals surface area contributed by atoms with Gasteiger partial charge in [0.15, 0.2) is 5.82 Å². The van der Waals surface area contributed by atoms with Gasteiger partial charge in [-0.25, -0.2) is 4.79 Å². The molecular formula is C20H27N7O2. The fraction of sp³-hybridized carbons (Fsp3) is 0.550. The molecule has 9 nitrogen and oxygen atoms in total. The molecule has 2 aromatic rings. The minimum Gasteiger partial charge on any atom is -0.331 e. The topological polar surface area (TPSA) is 87.5 Å². The Balaban J connectivity index is 1.44. The first kappa shape index (κ1) is 19.4. The Kier molecular flexibility index (Phi) is 5.21. The molecule has 3 amide bonds. The first-order valence-electron chi connectivity index (χ1n) is 10.0. The molecule has 2 aliphatic heterocycles. The predicted octanol–water partition coefficient (Wildman–Crippen LogP) is 1.50. The average molecular weight is 397 g/mol. The fourth-order valence-electron chi connectivity index (χ4n) is 4.13. The monoisotopic (exact) mass is 397 g/mol. The third-order valence-corrected chi connectivity index (χ3v) is 5.79. The summed E-state index contributed by atoms with van der Waals surface area (Å²) >= 11 is 0. The summed E-state index contributed by atoms with van der Waals surface area (Å²) in [6, 6.07) is 3.80. The zero-order valence-electron chi connectivity index (χ0n) is 17.2. The number of rotatable bonds is 2. The Morgan fingerprint density at radius 2 is 1.83 bits per heavy atom. The molecule has 0 spiro atoms. The second-order valence-electron chi connectivity index (χ2n) is 7.96. The Morgan fingerprint density at radius 1 is 1.07 bits per heavy atom. The molecular weight excluding hydrogens is 370 g/mol. The molecule has 0 aliphatic carbocycles. The number of likely N-dealkylation sites (tertiary alicyclic amines) is 1. The lowest BCUT2D eigenvalue weighted by molar-refractivity contribution is 0.0699. The van der Waals surface area contributed by atoms with E-state index in [0.717, 1.165) is 43.1 Å². The van der Waals surface area contributed by atoms with Gasteiger partial charge in [-0.1, -0.05) is 6.07 Å². The number of hydrogen-bond donors (Lipinski definition) is 0. The predicted molar refractivity (Wildman–Crippen MR) is 106 cm³/mol. The summed E-state index contributed by atoms with van der Waals surface area (Å²) in [4.78, 5) is 34.6. The fourth-order valence-corrected chi connectivity index (χ4v) is 4.13. The first-order chi connectivity index (χ1) is 14.0. The Morgan fingerprint density at radius 3 is 2.52 bits per heavy atom. The van der Waals surface area contributed by atoms with Gasteiger partial charge in [0.05, 0.1) is 6.54 Å². The van der Waals surface area contributed by atoms with E-state index in [1.165, 1.54) is 0 Å². The third-order valence-electron chi connectivity index (χ3n) is 5.79. The van der Waals surface area contributed by atoms with Crippen molar-refractivity contribution in [3.05, 3.63) is 41.2 Å². The average Bonchev–Trinajstić information content (AvgIpc) is 3.16. The van der Waals surface area contributed by atoms with Crippen molar-refractivity contribution in [2.75, 3.05) is 33.7 Å². The molecule has 154 valence electrons. The molecule has 4 rings (SSSR count). The van der Waals surface area contributed by atoms with Crippen LogP contribution in [0.4, 0.5) is 4.79 Å².